The van der Waals surface area contributed by atoms with Crippen LogP contribution in [0.3, 0.4) is 0 Å². The van der Waals surface area contributed by atoms with Crippen molar-refractivity contribution in [1.29, 1.82) is 0 Å². The maximum absolute atomic E-state index is 11.2. The minimum atomic E-state index is -0.105. The molecule has 1 aromatic carbocycles. The van der Waals surface area contributed by atoms with Crippen LogP contribution in [0.1, 0.15) is 52.0 Å². The van der Waals surface area contributed by atoms with E-state index in [2.05, 4.69) is 33.1 Å². The molecule has 0 spiro atoms. The molecule has 4 nitrogen and oxygen atoms in total. The lowest BCUT2D eigenvalue weighted by Crippen LogP contribution is -2.38. The van der Waals surface area contributed by atoms with Crippen molar-refractivity contribution in [3.05, 3.63) is 29.8 Å². The predicted molar refractivity (Wildman–Crippen MR) is 96.5 cm³/mol. The van der Waals surface area contributed by atoms with Crippen LogP contribution in [0.15, 0.2) is 24.3 Å². The van der Waals surface area contributed by atoms with Crippen molar-refractivity contribution in [2.45, 2.75) is 58.4 Å². The normalized spacial score (nSPS) is 11.3. The van der Waals surface area contributed by atoms with Gasteiger partial charge in [0.2, 0.25) is 0 Å². The molecule has 0 aliphatic heterocycles. The van der Waals surface area contributed by atoms with Gasteiger partial charge in [0.1, 0.15) is 13.6 Å². The molecule has 1 aromatic rings. The fraction of sp³-hybridized carbons (Fsp3) is 0.611. The first-order valence-electron chi connectivity index (χ1n) is 8.53. The van der Waals surface area contributed by atoms with Crippen LogP contribution in [0.25, 0.3) is 0 Å². The third-order valence-corrected chi connectivity index (χ3v) is 3.37. The molecule has 0 aromatic heterocycles. The number of benzene rings is 1. The van der Waals surface area contributed by atoms with E-state index < -0.39 is 0 Å². The summed E-state index contributed by atoms with van der Waals surface area (Å²) >= 11 is 0. The lowest BCUT2D eigenvalue weighted by molar-refractivity contribution is -0.143. The molecule has 0 aliphatic carbocycles. The fourth-order valence-electron chi connectivity index (χ4n) is 2.11. The van der Waals surface area contributed by atoms with Crippen molar-refractivity contribution in [1.82, 2.24) is 5.32 Å². The van der Waals surface area contributed by atoms with Gasteiger partial charge in [-0.25, -0.2) is 0 Å². The summed E-state index contributed by atoms with van der Waals surface area (Å²) in [6, 6.07) is 8.13. The van der Waals surface area contributed by atoms with E-state index in [-0.39, 0.29) is 11.4 Å². The Labute approximate surface area is 141 Å². The smallest absolute Gasteiger partial charge is 0.305 e. The molecule has 0 radical (unpaired) electrons. The number of carbonyl (C=O) groups is 1. The van der Waals surface area contributed by atoms with E-state index >= 15 is 0 Å². The Morgan fingerprint density at radius 2 is 1.96 bits per heavy atom. The second-order valence-corrected chi connectivity index (χ2v) is 6.68. The molecule has 0 fully saturated rings. The van der Waals surface area contributed by atoms with Crippen molar-refractivity contribution >= 4 is 13.8 Å². The second kappa shape index (κ2) is 10.3. The summed E-state index contributed by atoms with van der Waals surface area (Å²) in [4.78, 5) is 11.2. The van der Waals surface area contributed by atoms with Gasteiger partial charge in [0.25, 0.3) is 0 Å². The monoisotopic (exact) mass is 319 g/mol. The summed E-state index contributed by atoms with van der Waals surface area (Å²) in [6.45, 7) is 8.07. The molecule has 0 aliphatic rings. The number of esters is 1. The van der Waals surface area contributed by atoms with Crippen molar-refractivity contribution in [2.75, 3.05) is 13.2 Å². The minimum Gasteiger partial charge on any atom is -0.493 e. The summed E-state index contributed by atoms with van der Waals surface area (Å²) in [5.74, 6) is 0.835. The standard InChI is InChI=1S/C18H30BNO3/c1-4-22-17(21)12-6-5-9-13-23-16-11-8-7-10-15(16)14-20-18(2,3)19/h7-8,10-11,20H,4-6,9,12-14,19H2,1-3H3. The maximum atomic E-state index is 11.2. The lowest BCUT2D eigenvalue weighted by atomic mass is 9.82. The van der Waals surface area contributed by atoms with Gasteiger partial charge >= 0.3 is 5.97 Å². The zero-order valence-electron chi connectivity index (χ0n) is 15.0. The third kappa shape index (κ3) is 9.29. The molecule has 0 amide bonds. The first-order valence-corrected chi connectivity index (χ1v) is 8.53. The van der Waals surface area contributed by atoms with Crippen LogP contribution in [0.2, 0.25) is 0 Å². The number of nitrogens with one attached hydrogen (secondary N) is 1. The van der Waals surface area contributed by atoms with Crippen LogP contribution in [-0.4, -0.2) is 32.5 Å². The topological polar surface area (TPSA) is 47.6 Å². The number of rotatable bonds is 11. The van der Waals surface area contributed by atoms with E-state index in [0.717, 1.165) is 31.6 Å². The molecular formula is C18H30BNO3. The number of ether oxygens (including phenoxy) is 2. The number of para-hydroxylation sites is 1. The first-order chi connectivity index (χ1) is 10.9. The van der Waals surface area contributed by atoms with Crippen LogP contribution in [0.4, 0.5) is 0 Å². The molecule has 5 heteroatoms. The Hall–Kier alpha value is -1.49. The zero-order chi connectivity index (χ0) is 17.1. The molecule has 1 rings (SSSR count). The molecule has 0 saturated carbocycles. The second-order valence-electron chi connectivity index (χ2n) is 6.68. The quantitative estimate of drug-likeness (QED) is 0.387. The van der Waals surface area contributed by atoms with Crippen molar-refractivity contribution in [3.8, 4) is 5.75 Å². The highest BCUT2D eigenvalue weighted by atomic mass is 16.5. The van der Waals surface area contributed by atoms with E-state index in [1.807, 2.05) is 25.1 Å². The lowest BCUT2D eigenvalue weighted by Gasteiger charge is -2.21. The Balaban J connectivity index is 2.28. The number of unbranched alkanes of at least 4 members (excludes halogenated alkanes) is 2. The SMILES string of the molecule is BC(C)(C)NCc1ccccc1OCCCCCC(=O)OCC. The molecule has 128 valence electrons. The van der Waals surface area contributed by atoms with Gasteiger partial charge in [-0.15, -0.1) is 0 Å². The molecule has 0 atom stereocenters. The van der Waals surface area contributed by atoms with Crippen LogP contribution >= 0.6 is 0 Å². The third-order valence-electron chi connectivity index (χ3n) is 3.37. The minimum absolute atomic E-state index is 0.0835. The van der Waals surface area contributed by atoms with Gasteiger partial charge in [0.15, 0.2) is 0 Å². The molecule has 0 saturated heterocycles. The van der Waals surface area contributed by atoms with Gasteiger partial charge in [0.05, 0.1) is 13.2 Å². The summed E-state index contributed by atoms with van der Waals surface area (Å²) in [5.41, 5.74) is 1.26. The van der Waals surface area contributed by atoms with Gasteiger partial charge in [-0.1, -0.05) is 32.0 Å². The predicted octanol–water partition coefficient (Wildman–Crippen LogP) is 2.65. The van der Waals surface area contributed by atoms with E-state index in [0.29, 0.717) is 19.6 Å². The molecule has 0 unspecified atom stereocenters. The van der Waals surface area contributed by atoms with E-state index in [1.54, 1.807) is 0 Å². The summed E-state index contributed by atoms with van der Waals surface area (Å²) < 4.78 is 10.8. The zero-order valence-corrected chi connectivity index (χ0v) is 15.0. The van der Waals surface area contributed by atoms with Crippen LogP contribution < -0.4 is 10.1 Å². The number of hydrogen-bond donors (Lipinski definition) is 1. The first kappa shape index (κ1) is 19.6. The van der Waals surface area contributed by atoms with E-state index in [9.17, 15) is 4.79 Å². The highest BCUT2D eigenvalue weighted by molar-refractivity contribution is 6.14. The Bertz CT molecular complexity index is 472. The summed E-state index contributed by atoms with van der Waals surface area (Å²) in [5, 5.41) is 3.48. The summed E-state index contributed by atoms with van der Waals surface area (Å²) in [7, 11) is 2.15. The Morgan fingerprint density at radius 3 is 2.65 bits per heavy atom. The van der Waals surface area contributed by atoms with Crippen molar-refractivity contribution < 1.29 is 14.3 Å². The highest BCUT2D eigenvalue weighted by Crippen LogP contribution is 2.19. The highest BCUT2D eigenvalue weighted by Gasteiger charge is 2.10. The van der Waals surface area contributed by atoms with E-state index in [4.69, 9.17) is 9.47 Å². The van der Waals surface area contributed by atoms with Crippen LogP contribution in [0, 0.1) is 0 Å². The van der Waals surface area contributed by atoms with Crippen LogP contribution in [0.5, 0.6) is 5.75 Å². The average Bonchev–Trinajstić information content (AvgIpc) is 2.49. The Morgan fingerprint density at radius 1 is 1.22 bits per heavy atom. The molecular weight excluding hydrogens is 289 g/mol. The number of hydrogen-bond acceptors (Lipinski definition) is 4. The van der Waals surface area contributed by atoms with Crippen molar-refractivity contribution in [2.24, 2.45) is 0 Å². The van der Waals surface area contributed by atoms with Gasteiger partial charge in [-0.2, -0.15) is 0 Å². The molecule has 0 heterocycles. The molecule has 23 heavy (non-hydrogen) atoms. The average molecular weight is 319 g/mol. The van der Waals surface area contributed by atoms with Crippen LogP contribution in [-0.2, 0) is 16.1 Å². The van der Waals surface area contributed by atoms with Gasteiger partial charge in [-0.05, 0) is 37.7 Å². The maximum Gasteiger partial charge on any atom is 0.305 e. The van der Waals surface area contributed by atoms with E-state index in [1.165, 1.54) is 5.56 Å². The van der Waals surface area contributed by atoms with Crippen molar-refractivity contribution in [3.63, 3.8) is 0 Å². The largest absolute Gasteiger partial charge is 0.493 e. The molecule has 1 N–H and O–H groups in total. The fourth-order valence-corrected chi connectivity index (χ4v) is 2.11. The number of carbonyl (C=O) groups excluding carboxylic acids is 1. The van der Waals surface area contributed by atoms with Gasteiger partial charge in [-0.3, -0.25) is 4.79 Å². The summed E-state index contributed by atoms with van der Waals surface area (Å²) in [6.07, 6.45) is 3.27. The Kier molecular flexibility index (Phi) is 8.78. The van der Waals surface area contributed by atoms with Gasteiger partial charge < -0.3 is 14.8 Å². The van der Waals surface area contributed by atoms with Gasteiger partial charge in [0, 0.05) is 18.5 Å². The molecule has 0 bridgehead atoms.